The number of nitrogens with zero attached hydrogens (tertiary/aromatic N) is 4. The van der Waals surface area contributed by atoms with Crippen LogP contribution in [0.15, 0.2) is 5.16 Å². The molecule has 0 bridgehead atoms. The summed E-state index contributed by atoms with van der Waals surface area (Å²) in [5.41, 5.74) is 2.68. The summed E-state index contributed by atoms with van der Waals surface area (Å²) >= 11 is 1.24. The van der Waals surface area contributed by atoms with E-state index in [0.717, 1.165) is 41.5 Å². The van der Waals surface area contributed by atoms with Crippen LogP contribution in [-0.4, -0.2) is 49.9 Å². The van der Waals surface area contributed by atoms with Crippen molar-refractivity contribution < 1.29 is 14.6 Å². The molecule has 0 saturated carbocycles. The van der Waals surface area contributed by atoms with Gasteiger partial charge < -0.3 is 14.4 Å². The smallest absolute Gasteiger partial charge is 0.313 e. The molecular weight excluding hydrogens is 292 g/mol. The monoisotopic (exact) mass is 312 g/mol. The number of imidazole rings is 1. The molecule has 0 unspecified atom stereocenters. The predicted octanol–water partition coefficient (Wildman–Crippen LogP) is 1.77. The second-order valence-electron chi connectivity index (χ2n) is 4.65. The van der Waals surface area contributed by atoms with Crippen molar-refractivity contribution in [1.82, 2.24) is 19.3 Å². The van der Waals surface area contributed by atoms with Crippen LogP contribution in [0.3, 0.4) is 0 Å². The molecule has 8 heteroatoms. The maximum atomic E-state index is 10.8. The Morgan fingerprint density at radius 3 is 2.86 bits per heavy atom. The van der Waals surface area contributed by atoms with Crippen LogP contribution >= 0.6 is 11.8 Å². The molecule has 0 fully saturated rings. The third kappa shape index (κ3) is 3.38. The fraction of sp³-hybridized carbons (Fsp3) is 0.615. The Hall–Kier alpha value is -1.54. The highest BCUT2D eigenvalue weighted by molar-refractivity contribution is 7.99. The highest BCUT2D eigenvalue weighted by Crippen LogP contribution is 2.26. The number of fused-ring (bicyclic) bond motifs is 1. The van der Waals surface area contributed by atoms with Gasteiger partial charge in [-0.3, -0.25) is 4.79 Å². The molecular formula is C13H20N4O3S. The zero-order chi connectivity index (χ0) is 15.4. The van der Waals surface area contributed by atoms with Crippen LogP contribution in [0.2, 0.25) is 0 Å². The van der Waals surface area contributed by atoms with Crippen molar-refractivity contribution in [3.05, 3.63) is 5.69 Å². The van der Waals surface area contributed by atoms with E-state index in [1.807, 2.05) is 23.1 Å². The highest BCUT2D eigenvalue weighted by Gasteiger charge is 2.19. The van der Waals surface area contributed by atoms with Crippen molar-refractivity contribution in [1.29, 1.82) is 0 Å². The van der Waals surface area contributed by atoms with Gasteiger partial charge in [-0.2, -0.15) is 5.10 Å². The van der Waals surface area contributed by atoms with E-state index in [1.54, 1.807) is 7.11 Å². The van der Waals surface area contributed by atoms with E-state index in [0.29, 0.717) is 6.61 Å². The van der Waals surface area contributed by atoms with Gasteiger partial charge in [0.05, 0.1) is 11.4 Å². The van der Waals surface area contributed by atoms with Crippen LogP contribution in [0.25, 0.3) is 11.2 Å². The summed E-state index contributed by atoms with van der Waals surface area (Å²) in [7, 11) is 1.67. The molecule has 2 heterocycles. The number of ether oxygens (including phenoxy) is 1. The summed E-state index contributed by atoms with van der Waals surface area (Å²) in [6, 6.07) is 0. The minimum Gasteiger partial charge on any atom is -0.481 e. The van der Waals surface area contributed by atoms with Crippen molar-refractivity contribution >= 4 is 28.9 Å². The normalized spacial score (nSPS) is 11.4. The summed E-state index contributed by atoms with van der Waals surface area (Å²) in [4.78, 5) is 15.4. The number of carbonyl (C=O) groups is 1. The summed E-state index contributed by atoms with van der Waals surface area (Å²) < 4.78 is 9.05. The Kier molecular flexibility index (Phi) is 5.24. The SMILES string of the molecule is CCn1nc(C)c2nc(SCC(=O)O)n(CCCOC)c21. The Morgan fingerprint density at radius 1 is 1.48 bits per heavy atom. The van der Waals surface area contributed by atoms with Crippen LogP contribution in [0.5, 0.6) is 0 Å². The first-order valence-electron chi connectivity index (χ1n) is 6.85. The number of thioether (sulfide) groups is 1. The van der Waals surface area contributed by atoms with Gasteiger partial charge in [-0.1, -0.05) is 11.8 Å². The maximum absolute atomic E-state index is 10.8. The molecule has 0 aromatic carbocycles. The molecule has 0 spiro atoms. The van der Waals surface area contributed by atoms with Gasteiger partial charge in [-0.15, -0.1) is 0 Å². The number of carboxylic acids is 1. The zero-order valence-electron chi connectivity index (χ0n) is 12.5. The lowest BCUT2D eigenvalue weighted by Crippen LogP contribution is -2.09. The minimum atomic E-state index is -0.843. The lowest BCUT2D eigenvalue weighted by molar-refractivity contribution is -0.133. The first-order valence-corrected chi connectivity index (χ1v) is 7.84. The van der Waals surface area contributed by atoms with Crippen LogP contribution in [0, 0.1) is 6.92 Å². The van der Waals surface area contributed by atoms with Crippen molar-refractivity contribution in [3.63, 3.8) is 0 Å². The van der Waals surface area contributed by atoms with Gasteiger partial charge in [0.15, 0.2) is 10.8 Å². The summed E-state index contributed by atoms with van der Waals surface area (Å²) in [5, 5.41) is 14.1. The number of hydrogen-bond donors (Lipinski definition) is 1. The number of carboxylic acid groups (broad SMARTS) is 1. The Labute approximate surface area is 127 Å². The predicted molar refractivity (Wildman–Crippen MR) is 80.8 cm³/mol. The zero-order valence-corrected chi connectivity index (χ0v) is 13.3. The fourth-order valence-corrected chi connectivity index (χ4v) is 2.97. The Bertz CT molecular complexity index is 635. The number of aliphatic carboxylic acids is 1. The highest BCUT2D eigenvalue weighted by atomic mass is 32.2. The molecule has 0 atom stereocenters. The Balaban J connectivity index is 2.40. The van der Waals surface area contributed by atoms with Crippen molar-refractivity contribution in [2.45, 2.75) is 38.5 Å². The molecule has 0 saturated heterocycles. The van der Waals surface area contributed by atoms with Gasteiger partial charge in [-0.05, 0) is 20.3 Å². The molecule has 116 valence electrons. The lowest BCUT2D eigenvalue weighted by Gasteiger charge is -2.09. The van der Waals surface area contributed by atoms with Crippen LogP contribution < -0.4 is 0 Å². The van der Waals surface area contributed by atoms with E-state index in [1.165, 1.54) is 11.8 Å². The summed E-state index contributed by atoms with van der Waals surface area (Å²) in [6.07, 6.45) is 0.844. The number of hydrogen-bond acceptors (Lipinski definition) is 5. The fourth-order valence-electron chi connectivity index (χ4n) is 2.23. The number of rotatable bonds is 8. The number of methoxy groups -OCH3 is 1. The molecule has 2 aromatic rings. The topological polar surface area (TPSA) is 82.2 Å². The molecule has 21 heavy (non-hydrogen) atoms. The van der Waals surface area contributed by atoms with Crippen molar-refractivity contribution in [2.75, 3.05) is 19.5 Å². The van der Waals surface area contributed by atoms with Gasteiger partial charge in [0, 0.05) is 26.8 Å². The third-order valence-electron chi connectivity index (χ3n) is 3.12. The van der Waals surface area contributed by atoms with Crippen molar-refractivity contribution in [3.8, 4) is 0 Å². The number of aryl methyl sites for hydroxylation is 3. The van der Waals surface area contributed by atoms with E-state index in [4.69, 9.17) is 9.84 Å². The van der Waals surface area contributed by atoms with Gasteiger partial charge in [0.2, 0.25) is 0 Å². The number of aromatic nitrogens is 4. The molecule has 0 radical (unpaired) electrons. The average molecular weight is 312 g/mol. The van der Waals surface area contributed by atoms with Crippen LogP contribution in [0.1, 0.15) is 19.0 Å². The largest absolute Gasteiger partial charge is 0.481 e. The quantitative estimate of drug-likeness (QED) is 0.591. The van der Waals surface area contributed by atoms with E-state index in [2.05, 4.69) is 10.1 Å². The van der Waals surface area contributed by atoms with Gasteiger partial charge in [0.1, 0.15) is 5.52 Å². The maximum Gasteiger partial charge on any atom is 0.313 e. The molecule has 2 aromatic heterocycles. The molecule has 0 aliphatic heterocycles. The van der Waals surface area contributed by atoms with E-state index < -0.39 is 5.97 Å². The van der Waals surface area contributed by atoms with E-state index >= 15 is 0 Å². The van der Waals surface area contributed by atoms with E-state index in [-0.39, 0.29) is 5.75 Å². The minimum absolute atomic E-state index is 0.00247. The second kappa shape index (κ2) is 6.95. The Morgan fingerprint density at radius 2 is 2.24 bits per heavy atom. The van der Waals surface area contributed by atoms with Gasteiger partial charge in [-0.25, -0.2) is 9.67 Å². The summed E-state index contributed by atoms with van der Waals surface area (Å²) in [6.45, 7) is 6.10. The van der Waals surface area contributed by atoms with E-state index in [9.17, 15) is 4.79 Å². The van der Waals surface area contributed by atoms with Crippen molar-refractivity contribution in [2.24, 2.45) is 0 Å². The third-order valence-corrected chi connectivity index (χ3v) is 4.08. The van der Waals surface area contributed by atoms with Crippen LogP contribution in [-0.2, 0) is 22.6 Å². The summed E-state index contributed by atoms with van der Waals surface area (Å²) in [5.74, 6) is -0.841. The first kappa shape index (κ1) is 15.8. The van der Waals surface area contributed by atoms with Gasteiger partial charge in [0.25, 0.3) is 0 Å². The molecule has 0 aliphatic carbocycles. The lowest BCUT2D eigenvalue weighted by atomic mass is 10.4. The molecule has 2 rings (SSSR count). The molecule has 0 aliphatic rings. The first-order chi connectivity index (χ1) is 10.1. The molecule has 0 amide bonds. The van der Waals surface area contributed by atoms with Gasteiger partial charge >= 0.3 is 5.97 Å². The standard InChI is InChI=1S/C13H20N4O3S/c1-4-17-12-11(9(2)15-17)14-13(21-8-10(18)19)16(12)6-5-7-20-3/h4-8H2,1-3H3,(H,18,19). The molecule has 7 nitrogen and oxygen atoms in total. The second-order valence-corrected chi connectivity index (χ2v) is 5.59. The average Bonchev–Trinajstić information content (AvgIpc) is 2.95. The molecule has 1 N–H and O–H groups in total. The van der Waals surface area contributed by atoms with Crippen LogP contribution in [0.4, 0.5) is 0 Å².